The molecule has 1 heterocycles. The van der Waals surface area contributed by atoms with Gasteiger partial charge in [0.15, 0.2) is 0 Å². The largest absolute Gasteiger partial charge is 0.497 e. The number of hydrogen-bond donors (Lipinski definition) is 1. The second-order valence-electron chi connectivity index (χ2n) is 3.17. The highest BCUT2D eigenvalue weighted by molar-refractivity contribution is 7.15. The van der Waals surface area contributed by atoms with Crippen LogP contribution in [0.25, 0.3) is 0 Å². The molecule has 0 atom stereocenters. The van der Waals surface area contributed by atoms with Crippen molar-refractivity contribution in [3.8, 4) is 16.7 Å². The topological polar surface area (TPSA) is 63.9 Å². The van der Waals surface area contributed by atoms with E-state index in [9.17, 15) is 0 Å². The fraction of sp³-hybridized carbons (Fsp3) is 0.0909. The quantitative estimate of drug-likeness (QED) is 0.531. The van der Waals surface area contributed by atoms with Crippen LogP contribution in [0.15, 0.2) is 29.6 Å². The molecule has 7 heteroatoms. The molecule has 0 fully saturated rings. The van der Waals surface area contributed by atoms with Gasteiger partial charge in [-0.25, -0.2) is 4.98 Å². The minimum Gasteiger partial charge on any atom is -0.497 e. The molecule has 0 aliphatic rings. The predicted octanol–water partition coefficient (Wildman–Crippen LogP) is 3.41. The zero-order valence-electron chi connectivity index (χ0n) is 9.33. The van der Waals surface area contributed by atoms with Gasteiger partial charge in [-0.3, -0.25) is 0 Å². The highest BCUT2D eigenvalue weighted by atomic mass is 35.5. The summed E-state index contributed by atoms with van der Waals surface area (Å²) in [7, 11) is 1.56. The Kier molecular flexibility index (Phi) is 4.01. The van der Waals surface area contributed by atoms with Crippen molar-refractivity contribution in [2.75, 3.05) is 7.11 Å². The van der Waals surface area contributed by atoms with E-state index < -0.39 is 0 Å². The standard InChI is InChI=1S/C11H9ClN2O3S/c1-16-7-2-3-10(9(12)4-7)17-11-13-5-8(18-11)6-14-15/h2-6,15H,1H3/b14-6+. The number of hydrogen-bond acceptors (Lipinski definition) is 6. The lowest BCUT2D eigenvalue weighted by atomic mass is 10.3. The predicted molar refractivity (Wildman–Crippen MR) is 69.6 cm³/mol. The van der Waals surface area contributed by atoms with Gasteiger partial charge in [-0.15, -0.1) is 0 Å². The first kappa shape index (κ1) is 12.7. The maximum absolute atomic E-state index is 8.39. The van der Waals surface area contributed by atoms with Gasteiger partial charge in [-0.2, -0.15) is 0 Å². The smallest absolute Gasteiger partial charge is 0.279 e. The highest BCUT2D eigenvalue weighted by Crippen LogP contribution is 2.33. The van der Waals surface area contributed by atoms with Gasteiger partial charge in [0.05, 0.1) is 29.4 Å². The third kappa shape index (κ3) is 2.91. The maximum Gasteiger partial charge on any atom is 0.279 e. The number of aromatic nitrogens is 1. The Morgan fingerprint density at radius 3 is 3.00 bits per heavy atom. The average molecular weight is 285 g/mol. The second kappa shape index (κ2) is 5.70. The summed E-state index contributed by atoms with van der Waals surface area (Å²) < 4.78 is 10.6. The van der Waals surface area contributed by atoms with Crippen molar-refractivity contribution in [1.29, 1.82) is 0 Å². The Morgan fingerprint density at radius 2 is 2.33 bits per heavy atom. The van der Waals surface area contributed by atoms with Gasteiger partial charge in [0.2, 0.25) is 0 Å². The van der Waals surface area contributed by atoms with E-state index in [0.29, 0.717) is 26.6 Å². The van der Waals surface area contributed by atoms with Gasteiger partial charge in [0.1, 0.15) is 11.5 Å². The van der Waals surface area contributed by atoms with E-state index >= 15 is 0 Å². The molecular weight excluding hydrogens is 276 g/mol. The summed E-state index contributed by atoms with van der Waals surface area (Å²) in [5.74, 6) is 1.14. The number of ether oxygens (including phenoxy) is 2. The van der Waals surface area contributed by atoms with E-state index in [-0.39, 0.29) is 0 Å². The van der Waals surface area contributed by atoms with Crippen molar-refractivity contribution < 1.29 is 14.7 Å². The van der Waals surface area contributed by atoms with Crippen LogP contribution in [0.3, 0.4) is 0 Å². The molecule has 0 saturated carbocycles. The molecule has 0 aliphatic heterocycles. The monoisotopic (exact) mass is 284 g/mol. The van der Waals surface area contributed by atoms with Gasteiger partial charge in [0.25, 0.3) is 5.19 Å². The number of methoxy groups -OCH3 is 1. The van der Waals surface area contributed by atoms with Crippen LogP contribution in [0.1, 0.15) is 4.88 Å². The Morgan fingerprint density at radius 1 is 1.50 bits per heavy atom. The fourth-order valence-corrected chi connectivity index (χ4v) is 2.07. The average Bonchev–Trinajstić information content (AvgIpc) is 2.80. The van der Waals surface area contributed by atoms with Crippen LogP contribution >= 0.6 is 22.9 Å². The lowest BCUT2D eigenvalue weighted by Gasteiger charge is -2.05. The molecule has 1 N–H and O–H groups in total. The summed E-state index contributed by atoms with van der Waals surface area (Å²) in [4.78, 5) is 4.70. The normalized spacial score (nSPS) is 10.8. The van der Waals surface area contributed by atoms with Crippen LogP contribution in [-0.4, -0.2) is 23.5 Å². The molecule has 0 unspecified atom stereocenters. The molecule has 18 heavy (non-hydrogen) atoms. The molecule has 0 radical (unpaired) electrons. The highest BCUT2D eigenvalue weighted by Gasteiger charge is 2.07. The molecule has 0 spiro atoms. The lowest BCUT2D eigenvalue weighted by molar-refractivity contribution is 0.322. The van der Waals surface area contributed by atoms with Gasteiger partial charge in [-0.1, -0.05) is 28.1 Å². The summed E-state index contributed by atoms with van der Waals surface area (Å²) in [5, 5.41) is 12.2. The Labute approximate surface area is 112 Å². The molecule has 94 valence electrons. The zero-order valence-corrected chi connectivity index (χ0v) is 10.9. The summed E-state index contributed by atoms with van der Waals surface area (Å²) >= 11 is 7.27. The molecule has 2 rings (SSSR count). The number of rotatable bonds is 4. The van der Waals surface area contributed by atoms with Crippen molar-refractivity contribution in [1.82, 2.24) is 4.98 Å². The first-order valence-electron chi connectivity index (χ1n) is 4.87. The van der Waals surface area contributed by atoms with Crippen LogP contribution < -0.4 is 9.47 Å². The summed E-state index contributed by atoms with van der Waals surface area (Å²) in [6.07, 6.45) is 2.82. The van der Waals surface area contributed by atoms with E-state index in [1.165, 1.54) is 23.7 Å². The van der Waals surface area contributed by atoms with Gasteiger partial charge >= 0.3 is 0 Å². The van der Waals surface area contributed by atoms with Crippen LogP contribution in [0, 0.1) is 0 Å². The molecule has 0 amide bonds. The summed E-state index contributed by atoms with van der Waals surface area (Å²) in [6.45, 7) is 0. The molecule has 5 nitrogen and oxygen atoms in total. The maximum atomic E-state index is 8.39. The van der Waals surface area contributed by atoms with E-state index in [4.69, 9.17) is 26.3 Å². The van der Waals surface area contributed by atoms with Crippen LogP contribution in [0.2, 0.25) is 5.02 Å². The minimum absolute atomic E-state index is 0.414. The Bertz CT molecular complexity index is 571. The number of halogens is 1. The molecule has 0 bridgehead atoms. The van der Waals surface area contributed by atoms with Gasteiger partial charge < -0.3 is 14.7 Å². The van der Waals surface area contributed by atoms with E-state index in [1.54, 1.807) is 25.3 Å². The van der Waals surface area contributed by atoms with Gasteiger partial charge in [0, 0.05) is 6.07 Å². The fourth-order valence-electron chi connectivity index (χ4n) is 1.22. The summed E-state index contributed by atoms with van der Waals surface area (Å²) in [5.41, 5.74) is 0. The van der Waals surface area contributed by atoms with Crippen molar-refractivity contribution >= 4 is 29.2 Å². The SMILES string of the molecule is COc1ccc(Oc2ncc(/C=N/O)s2)c(Cl)c1. The van der Waals surface area contributed by atoms with Crippen molar-refractivity contribution in [2.24, 2.45) is 5.16 Å². The first-order chi connectivity index (χ1) is 8.72. The number of oxime groups is 1. The molecule has 1 aromatic carbocycles. The Hall–Kier alpha value is -1.79. The third-order valence-electron chi connectivity index (χ3n) is 2.02. The molecule has 1 aromatic heterocycles. The molecule has 2 aromatic rings. The molecule has 0 saturated heterocycles. The van der Waals surface area contributed by atoms with E-state index in [0.717, 1.165) is 0 Å². The zero-order chi connectivity index (χ0) is 13.0. The van der Waals surface area contributed by atoms with Crippen molar-refractivity contribution in [3.63, 3.8) is 0 Å². The lowest BCUT2D eigenvalue weighted by Crippen LogP contribution is -1.86. The number of nitrogens with zero attached hydrogens (tertiary/aromatic N) is 2. The number of thiazole rings is 1. The van der Waals surface area contributed by atoms with E-state index in [2.05, 4.69) is 10.1 Å². The second-order valence-corrected chi connectivity index (χ2v) is 4.60. The van der Waals surface area contributed by atoms with Crippen molar-refractivity contribution in [2.45, 2.75) is 0 Å². The van der Waals surface area contributed by atoms with E-state index in [1.807, 2.05) is 0 Å². The first-order valence-corrected chi connectivity index (χ1v) is 6.07. The minimum atomic E-state index is 0.414. The van der Waals surface area contributed by atoms with Gasteiger partial charge in [-0.05, 0) is 12.1 Å². The molecule has 0 aliphatic carbocycles. The van der Waals surface area contributed by atoms with Crippen LogP contribution in [0.5, 0.6) is 16.7 Å². The molecular formula is C11H9ClN2O3S. The van der Waals surface area contributed by atoms with Crippen LogP contribution in [0.4, 0.5) is 0 Å². The Balaban J connectivity index is 2.17. The van der Waals surface area contributed by atoms with Crippen molar-refractivity contribution in [3.05, 3.63) is 34.3 Å². The summed E-state index contributed by atoms with van der Waals surface area (Å²) in [6, 6.07) is 5.09. The van der Waals surface area contributed by atoms with Crippen LogP contribution in [-0.2, 0) is 0 Å². The number of benzene rings is 1. The third-order valence-corrected chi connectivity index (χ3v) is 3.13.